The molecule has 2 atom stereocenters. The number of hydrogen-bond donors (Lipinski definition) is 0. The molecule has 2 aliphatic rings. The third kappa shape index (κ3) is 3.88. The van der Waals surface area contributed by atoms with Gasteiger partial charge in [-0.3, -0.25) is 9.78 Å². The minimum atomic E-state index is 0.0410. The molecule has 1 amide bonds. The summed E-state index contributed by atoms with van der Waals surface area (Å²) < 4.78 is 0. The van der Waals surface area contributed by atoms with Gasteiger partial charge >= 0.3 is 0 Å². The summed E-state index contributed by atoms with van der Waals surface area (Å²) in [5.74, 6) is 1.67. The molecule has 6 rings (SSSR count). The van der Waals surface area contributed by atoms with Crippen LogP contribution < -0.4 is 4.90 Å². The maximum atomic E-state index is 13.6. The molecule has 9 heteroatoms. The fraction of sp³-hybridized carbons (Fsp3) is 0.320. The number of piperidine rings is 2. The van der Waals surface area contributed by atoms with Crippen molar-refractivity contribution < 1.29 is 4.79 Å². The van der Waals surface area contributed by atoms with E-state index in [-0.39, 0.29) is 5.91 Å². The summed E-state index contributed by atoms with van der Waals surface area (Å²) in [4.78, 5) is 28.9. The fourth-order valence-corrected chi connectivity index (χ4v) is 5.43. The van der Waals surface area contributed by atoms with E-state index in [1.165, 1.54) is 4.80 Å². The quantitative estimate of drug-likeness (QED) is 0.450. The molecule has 2 bridgehead atoms. The van der Waals surface area contributed by atoms with Crippen LogP contribution in [0.2, 0.25) is 5.02 Å². The maximum absolute atomic E-state index is 13.6. The third-order valence-corrected chi connectivity index (χ3v) is 6.94. The zero-order chi connectivity index (χ0) is 23.2. The molecule has 8 nitrogen and oxygen atoms in total. The maximum Gasteiger partial charge on any atom is 0.256 e. The molecule has 4 aromatic rings. The van der Waals surface area contributed by atoms with Gasteiger partial charge in [0.05, 0.1) is 40.9 Å². The standard InChI is InChI=1S/C25H24ClN7O/c1-16-2-5-23(33-28-6-7-29-33)20(8-16)25(34)32-14-17-9-18(15-32)13-31(12-17)24-11-27-21-4-3-19(26)10-22(21)30-24/h2-8,10-11,17-18H,9,12-15H2,1H3. The van der Waals surface area contributed by atoms with Crippen LogP contribution in [0.5, 0.6) is 0 Å². The van der Waals surface area contributed by atoms with Gasteiger partial charge < -0.3 is 9.80 Å². The Hall–Kier alpha value is -3.52. The van der Waals surface area contributed by atoms with Gasteiger partial charge in [-0.1, -0.05) is 23.2 Å². The van der Waals surface area contributed by atoms with E-state index in [1.807, 2.05) is 54.4 Å². The lowest BCUT2D eigenvalue weighted by atomic mass is 9.84. The third-order valence-electron chi connectivity index (χ3n) is 6.70. The van der Waals surface area contributed by atoms with Crippen LogP contribution in [-0.4, -0.2) is 61.9 Å². The number of amides is 1. The molecule has 0 saturated carbocycles. The van der Waals surface area contributed by atoms with Crippen LogP contribution in [0.1, 0.15) is 22.3 Å². The van der Waals surface area contributed by atoms with Gasteiger partial charge in [-0.05, 0) is 55.5 Å². The number of aromatic nitrogens is 5. The second-order valence-corrected chi connectivity index (χ2v) is 9.72. The number of likely N-dealkylation sites (tertiary alicyclic amines) is 1. The first kappa shape index (κ1) is 21.0. The molecule has 2 fully saturated rings. The number of benzene rings is 2. The van der Waals surface area contributed by atoms with Gasteiger partial charge in [0, 0.05) is 31.2 Å². The molecular formula is C25H24ClN7O. The van der Waals surface area contributed by atoms with E-state index in [0.717, 1.165) is 55.0 Å². The van der Waals surface area contributed by atoms with Gasteiger partial charge in [0.2, 0.25) is 0 Å². The molecule has 172 valence electrons. The summed E-state index contributed by atoms with van der Waals surface area (Å²) in [5.41, 5.74) is 4.03. The van der Waals surface area contributed by atoms with Crippen LogP contribution in [0.4, 0.5) is 5.82 Å². The molecule has 4 heterocycles. The molecule has 2 saturated heterocycles. The first-order valence-electron chi connectivity index (χ1n) is 11.5. The molecule has 0 N–H and O–H groups in total. The van der Waals surface area contributed by atoms with Crippen LogP contribution in [0.25, 0.3) is 16.7 Å². The Labute approximate surface area is 202 Å². The number of nitrogens with zero attached hydrogens (tertiary/aromatic N) is 7. The van der Waals surface area contributed by atoms with E-state index >= 15 is 0 Å². The normalized spacial score (nSPS) is 20.1. The van der Waals surface area contributed by atoms with Crippen molar-refractivity contribution >= 4 is 34.4 Å². The highest BCUT2D eigenvalue weighted by Gasteiger charge is 2.37. The monoisotopic (exact) mass is 473 g/mol. The van der Waals surface area contributed by atoms with Gasteiger partial charge in [-0.15, -0.1) is 0 Å². The molecule has 34 heavy (non-hydrogen) atoms. The highest BCUT2D eigenvalue weighted by Crippen LogP contribution is 2.32. The SMILES string of the molecule is Cc1ccc(-n2nccn2)c(C(=O)N2CC3CC(C2)CN(c2cnc4ccc(Cl)cc4n2)C3)c1. The summed E-state index contributed by atoms with van der Waals surface area (Å²) in [5, 5.41) is 9.14. The molecular weight excluding hydrogens is 450 g/mol. The summed E-state index contributed by atoms with van der Waals surface area (Å²) in [6, 6.07) is 11.4. The van der Waals surface area contributed by atoms with Gasteiger partial charge in [-0.2, -0.15) is 15.0 Å². The van der Waals surface area contributed by atoms with E-state index in [1.54, 1.807) is 12.4 Å². The van der Waals surface area contributed by atoms with Gasteiger partial charge in [0.25, 0.3) is 5.91 Å². The zero-order valence-corrected chi connectivity index (χ0v) is 19.6. The summed E-state index contributed by atoms with van der Waals surface area (Å²) in [7, 11) is 0. The smallest absolute Gasteiger partial charge is 0.256 e. The molecule has 0 aliphatic carbocycles. The van der Waals surface area contributed by atoms with E-state index in [9.17, 15) is 4.79 Å². The van der Waals surface area contributed by atoms with Crippen molar-refractivity contribution in [2.24, 2.45) is 11.8 Å². The van der Waals surface area contributed by atoms with Crippen LogP contribution >= 0.6 is 11.6 Å². The fourth-order valence-electron chi connectivity index (χ4n) is 5.27. The van der Waals surface area contributed by atoms with Crippen LogP contribution in [0.15, 0.2) is 55.0 Å². The molecule has 2 aromatic heterocycles. The lowest BCUT2D eigenvalue weighted by Crippen LogP contribution is -2.54. The van der Waals surface area contributed by atoms with Crippen LogP contribution in [0, 0.1) is 18.8 Å². The van der Waals surface area contributed by atoms with Crippen LogP contribution in [0.3, 0.4) is 0 Å². The lowest BCUT2D eigenvalue weighted by Gasteiger charge is -2.46. The summed E-state index contributed by atoms with van der Waals surface area (Å²) >= 11 is 6.16. The van der Waals surface area contributed by atoms with Crippen molar-refractivity contribution in [1.29, 1.82) is 0 Å². The Morgan fingerprint density at radius 1 is 0.971 bits per heavy atom. The molecule has 0 radical (unpaired) electrons. The average molecular weight is 474 g/mol. The molecule has 2 aromatic carbocycles. The average Bonchev–Trinajstić information content (AvgIpc) is 3.37. The molecule has 0 spiro atoms. The van der Waals surface area contributed by atoms with Crippen molar-refractivity contribution in [3.05, 3.63) is 71.1 Å². The van der Waals surface area contributed by atoms with Gasteiger partial charge in [0.1, 0.15) is 5.82 Å². The lowest BCUT2D eigenvalue weighted by molar-refractivity contribution is 0.0564. The molecule has 2 aliphatic heterocycles. The minimum Gasteiger partial charge on any atom is -0.355 e. The number of hydrogen-bond acceptors (Lipinski definition) is 6. The number of anilines is 1. The summed E-state index contributed by atoms with van der Waals surface area (Å²) in [6.45, 7) is 5.14. The van der Waals surface area contributed by atoms with Crippen LogP contribution in [-0.2, 0) is 0 Å². The van der Waals surface area contributed by atoms with E-state index in [0.29, 0.717) is 28.1 Å². The number of fused-ring (bicyclic) bond motifs is 3. The van der Waals surface area contributed by atoms with E-state index < -0.39 is 0 Å². The Morgan fingerprint density at radius 3 is 2.50 bits per heavy atom. The molecule has 2 unspecified atom stereocenters. The van der Waals surface area contributed by atoms with Crippen molar-refractivity contribution in [2.45, 2.75) is 13.3 Å². The number of halogens is 1. The Morgan fingerprint density at radius 2 is 1.74 bits per heavy atom. The van der Waals surface area contributed by atoms with Crippen molar-refractivity contribution in [3.63, 3.8) is 0 Å². The van der Waals surface area contributed by atoms with Gasteiger partial charge in [0.15, 0.2) is 0 Å². The first-order chi connectivity index (χ1) is 16.5. The topological polar surface area (TPSA) is 80.0 Å². The zero-order valence-electron chi connectivity index (χ0n) is 18.8. The predicted octanol–water partition coefficient (Wildman–Crippen LogP) is 3.77. The Balaban J connectivity index is 1.23. The minimum absolute atomic E-state index is 0.0410. The highest BCUT2D eigenvalue weighted by atomic mass is 35.5. The van der Waals surface area contributed by atoms with Crippen molar-refractivity contribution in [2.75, 3.05) is 31.1 Å². The van der Waals surface area contributed by atoms with Crippen molar-refractivity contribution in [3.8, 4) is 5.69 Å². The highest BCUT2D eigenvalue weighted by molar-refractivity contribution is 6.31. The first-order valence-corrected chi connectivity index (χ1v) is 11.8. The number of carbonyl (C=O) groups is 1. The number of aryl methyl sites for hydroxylation is 1. The second kappa shape index (κ2) is 8.36. The number of carbonyl (C=O) groups excluding carboxylic acids is 1. The summed E-state index contributed by atoms with van der Waals surface area (Å²) in [6.07, 6.45) is 6.21. The largest absolute Gasteiger partial charge is 0.355 e. The van der Waals surface area contributed by atoms with Crippen molar-refractivity contribution in [1.82, 2.24) is 29.9 Å². The second-order valence-electron chi connectivity index (χ2n) is 9.28. The predicted molar refractivity (Wildman–Crippen MR) is 130 cm³/mol. The van der Waals surface area contributed by atoms with Gasteiger partial charge in [-0.25, -0.2) is 4.98 Å². The van der Waals surface area contributed by atoms with E-state index in [4.69, 9.17) is 16.6 Å². The Kier molecular flexibility index (Phi) is 5.17. The van der Waals surface area contributed by atoms with E-state index in [2.05, 4.69) is 20.1 Å². The Bertz CT molecular complexity index is 1360. The number of rotatable bonds is 3.